The number of nitrogens with zero attached hydrogens (tertiary/aromatic N) is 2. The van der Waals surface area contributed by atoms with Gasteiger partial charge in [-0.2, -0.15) is 0 Å². The molecule has 6 nitrogen and oxygen atoms in total. The molecule has 136 valence electrons. The fraction of sp³-hybridized carbons (Fsp3) is 0.471. The Morgan fingerprint density at radius 3 is 2.32 bits per heavy atom. The topological polar surface area (TPSA) is 69.7 Å². The molecule has 1 N–H and O–H groups in total. The Labute approximate surface area is 156 Å². The van der Waals surface area contributed by atoms with Gasteiger partial charge in [-0.05, 0) is 26.0 Å². The van der Waals surface area contributed by atoms with Gasteiger partial charge in [0, 0.05) is 37.1 Å². The Hall–Kier alpha value is -1.73. The molecule has 2 rings (SSSR count). The van der Waals surface area contributed by atoms with E-state index in [1.54, 1.807) is 24.8 Å². The number of benzene rings is 1. The average Bonchev–Trinajstić information content (AvgIpc) is 2.59. The molecule has 0 aromatic heterocycles. The van der Waals surface area contributed by atoms with Gasteiger partial charge in [-0.3, -0.25) is 14.4 Å². The van der Waals surface area contributed by atoms with Gasteiger partial charge in [-0.25, -0.2) is 0 Å². The van der Waals surface area contributed by atoms with Crippen molar-refractivity contribution in [3.05, 3.63) is 29.3 Å². The molecular formula is C17H22ClN3O3S. The number of hydrogen-bond donors (Lipinski definition) is 1. The summed E-state index contributed by atoms with van der Waals surface area (Å²) >= 11 is 7.49. The molecule has 1 aromatic rings. The summed E-state index contributed by atoms with van der Waals surface area (Å²) in [6, 6.07) is 7.32. The number of carbonyl (C=O) groups excluding carboxylic acids is 3. The molecule has 1 heterocycles. The molecule has 25 heavy (non-hydrogen) atoms. The lowest BCUT2D eigenvalue weighted by molar-refractivity contribution is -0.148. The van der Waals surface area contributed by atoms with Crippen LogP contribution in [0.15, 0.2) is 29.2 Å². The molecule has 3 amide bonds. The van der Waals surface area contributed by atoms with E-state index in [4.69, 9.17) is 11.6 Å². The maximum Gasteiger partial charge on any atom is 0.312 e. The van der Waals surface area contributed by atoms with Gasteiger partial charge in [-0.1, -0.05) is 23.7 Å². The van der Waals surface area contributed by atoms with Gasteiger partial charge >= 0.3 is 11.8 Å². The zero-order valence-electron chi connectivity index (χ0n) is 14.3. The number of carbonyl (C=O) groups is 3. The first-order valence-electron chi connectivity index (χ1n) is 8.13. The third-order valence-electron chi connectivity index (χ3n) is 3.72. The van der Waals surface area contributed by atoms with Crippen LogP contribution in [0.4, 0.5) is 0 Å². The average molecular weight is 384 g/mol. The summed E-state index contributed by atoms with van der Waals surface area (Å²) in [5.41, 5.74) is 0. The Kier molecular flexibility index (Phi) is 7.13. The molecular weight excluding hydrogens is 362 g/mol. The second-order valence-corrected chi connectivity index (χ2v) is 7.44. The van der Waals surface area contributed by atoms with Crippen LogP contribution in [0, 0.1) is 0 Å². The van der Waals surface area contributed by atoms with E-state index in [0.717, 1.165) is 4.90 Å². The molecule has 1 aromatic carbocycles. The van der Waals surface area contributed by atoms with Crippen LogP contribution in [0.25, 0.3) is 0 Å². The van der Waals surface area contributed by atoms with Gasteiger partial charge < -0.3 is 15.1 Å². The van der Waals surface area contributed by atoms with E-state index < -0.39 is 11.8 Å². The van der Waals surface area contributed by atoms with Crippen molar-refractivity contribution in [1.82, 2.24) is 15.1 Å². The number of rotatable bonds is 4. The van der Waals surface area contributed by atoms with Gasteiger partial charge in [0.05, 0.1) is 10.8 Å². The molecule has 1 aliphatic rings. The van der Waals surface area contributed by atoms with Crippen LogP contribution < -0.4 is 5.32 Å². The van der Waals surface area contributed by atoms with Crippen molar-refractivity contribution < 1.29 is 14.4 Å². The quantitative estimate of drug-likeness (QED) is 0.633. The lowest BCUT2D eigenvalue weighted by Gasteiger charge is -2.34. The van der Waals surface area contributed by atoms with E-state index in [0.29, 0.717) is 37.0 Å². The van der Waals surface area contributed by atoms with Crippen LogP contribution in [-0.2, 0) is 14.4 Å². The molecule has 1 saturated heterocycles. The minimum atomic E-state index is -0.593. The lowest BCUT2D eigenvalue weighted by Crippen LogP contribution is -2.54. The molecule has 8 heteroatoms. The minimum Gasteiger partial charge on any atom is -0.346 e. The predicted molar refractivity (Wildman–Crippen MR) is 98.6 cm³/mol. The second kappa shape index (κ2) is 9.10. The van der Waals surface area contributed by atoms with Gasteiger partial charge in [0.1, 0.15) is 0 Å². The second-order valence-electron chi connectivity index (χ2n) is 6.02. The third-order valence-corrected chi connectivity index (χ3v) is 5.22. The summed E-state index contributed by atoms with van der Waals surface area (Å²) < 4.78 is 0. The van der Waals surface area contributed by atoms with E-state index in [2.05, 4.69) is 5.32 Å². The van der Waals surface area contributed by atoms with Gasteiger partial charge in [-0.15, -0.1) is 11.8 Å². The van der Waals surface area contributed by atoms with Crippen molar-refractivity contribution in [2.45, 2.75) is 24.8 Å². The minimum absolute atomic E-state index is 0.00338. The number of piperazine rings is 1. The summed E-state index contributed by atoms with van der Waals surface area (Å²) in [6.07, 6.45) is 0. The fourth-order valence-electron chi connectivity index (χ4n) is 2.42. The van der Waals surface area contributed by atoms with Crippen LogP contribution in [0.1, 0.15) is 13.8 Å². The molecule has 0 aliphatic carbocycles. The monoisotopic (exact) mass is 383 g/mol. The van der Waals surface area contributed by atoms with Crippen LogP contribution in [-0.4, -0.2) is 65.5 Å². The summed E-state index contributed by atoms with van der Waals surface area (Å²) in [6.45, 7) is 5.21. The van der Waals surface area contributed by atoms with Crippen molar-refractivity contribution in [3.8, 4) is 0 Å². The maximum atomic E-state index is 12.3. The van der Waals surface area contributed by atoms with Crippen LogP contribution in [0.5, 0.6) is 0 Å². The Bertz CT molecular complexity index is 646. The SMILES string of the molecule is CC(C)NC(=O)C(=O)N1CCN(C(=O)CSc2ccccc2Cl)CC1. The molecule has 0 unspecified atom stereocenters. The van der Waals surface area contributed by atoms with Gasteiger partial charge in [0.2, 0.25) is 5.91 Å². The van der Waals surface area contributed by atoms with Crippen LogP contribution >= 0.6 is 23.4 Å². The smallest absolute Gasteiger partial charge is 0.312 e. The summed E-state index contributed by atoms with van der Waals surface area (Å²) in [7, 11) is 0. The summed E-state index contributed by atoms with van der Waals surface area (Å²) in [5.74, 6) is -0.829. The molecule has 0 saturated carbocycles. The van der Waals surface area contributed by atoms with Crippen molar-refractivity contribution in [3.63, 3.8) is 0 Å². The van der Waals surface area contributed by atoms with Crippen molar-refractivity contribution in [1.29, 1.82) is 0 Å². The van der Waals surface area contributed by atoms with Crippen LogP contribution in [0.3, 0.4) is 0 Å². The Morgan fingerprint density at radius 1 is 1.12 bits per heavy atom. The van der Waals surface area contributed by atoms with E-state index in [1.807, 2.05) is 18.2 Å². The molecule has 0 bridgehead atoms. The molecule has 0 spiro atoms. The normalized spacial score (nSPS) is 14.6. The highest BCUT2D eigenvalue weighted by Gasteiger charge is 2.28. The van der Waals surface area contributed by atoms with E-state index >= 15 is 0 Å². The van der Waals surface area contributed by atoms with E-state index in [-0.39, 0.29) is 11.9 Å². The van der Waals surface area contributed by atoms with Gasteiger partial charge in [0.15, 0.2) is 0 Å². The zero-order chi connectivity index (χ0) is 18.4. The Morgan fingerprint density at radius 2 is 1.72 bits per heavy atom. The first-order chi connectivity index (χ1) is 11.9. The molecule has 0 atom stereocenters. The van der Waals surface area contributed by atoms with Crippen molar-refractivity contribution in [2.24, 2.45) is 0 Å². The molecule has 1 aliphatic heterocycles. The van der Waals surface area contributed by atoms with Gasteiger partial charge in [0.25, 0.3) is 0 Å². The molecule has 1 fully saturated rings. The van der Waals surface area contributed by atoms with Crippen molar-refractivity contribution >= 4 is 41.1 Å². The zero-order valence-corrected chi connectivity index (χ0v) is 15.9. The number of amides is 3. The van der Waals surface area contributed by atoms with E-state index in [9.17, 15) is 14.4 Å². The van der Waals surface area contributed by atoms with E-state index in [1.165, 1.54) is 16.7 Å². The molecule has 0 radical (unpaired) electrons. The first-order valence-corrected chi connectivity index (χ1v) is 9.49. The van der Waals surface area contributed by atoms with Crippen LogP contribution in [0.2, 0.25) is 5.02 Å². The fourth-order valence-corrected chi connectivity index (χ4v) is 3.56. The lowest BCUT2D eigenvalue weighted by atomic mass is 10.3. The van der Waals surface area contributed by atoms with Crippen molar-refractivity contribution in [2.75, 3.05) is 31.9 Å². The largest absolute Gasteiger partial charge is 0.346 e. The standard InChI is InChI=1S/C17H22ClN3O3S/c1-12(2)19-16(23)17(24)21-9-7-20(8-10-21)15(22)11-25-14-6-4-3-5-13(14)18/h3-6,12H,7-11H2,1-2H3,(H,19,23). The number of halogens is 1. The highest BCUT2D eigenvalue weighted by atomic mass is 35.5. The highest BCUT2D eigenvalue weighted by molar-refractivity contribution is 8.00. The highest BCUT2D eigenvalue weighted by Crippen LogP contribution is 2.26. The number of nitrogens with one attached hydrogen (secondary N) is 1. The predicted octanol–water partition coefficient (Wildman–Crippen LogP) is 1.63. The summed E-state index contributed by atoms with van der Waals surface area (Å²) in [5, 5.41) is 3.22. The number of thioether (sulfide) groups is 1. The maximum absolute atomic E-state index is 12.3. The third kappa shape index (κ3) is 5.64. The summed E-state index contributed by atoms with van der Waals surface area (Å²) in [4.78, 5) is 40.2. The first kappa shape index (κ1) is 19.6. The number of hydrogen-bond acceptors (Lipinski definition) is 4. The Balaban J connectivity index is 1.79.